The number of phenols is 1. The van der Waals surface area contributed by atoms with Crippen LogP contribution in [0.15, 0.2) is 18.2 Å². The van der Waals surface area contributed by atoms with Crippen LogP contribution >= 0.6 is 12.4 Å². The molecular formula is C8H8ClF3O. The molecule has 5 heteroatoms. The Balaban J connectivity index is 0.00000144. The van der Waals surface area contributed by atoms with Crippen LogP contribution in [0.3, 0.4) is 0 Å². The Morgan fingerprint density at radius 3 is 2.15 bits per heavy atom. The summed E-state index contributed by atoms with van der Waals surface area (Å²) in [6.45, 7) is 1.42. The molecule has 1 aromatic carbocycles. The Morgan fingerprint density at radius 1 is 1.23 bits per heavy atom. The van der Waals surface area contributed by atoms with Crippen molar-refractivity contribution in [3.8, 4) is 5.75 Å². The topological polar surface area (TPSA) is 20.2 Å². The number of rotatable bonds is 0. The lowest BCUT2D eigenvalue weighted by atomic mass is 10.1. The summed E-state index contributed by atoms with van der Waals surface area (Å²) in [5.41, 5.74) is -0.511. The maximum absolute atomic E-state index is 12.0. The fraction of sp³-hybridized carbons (Fsp3) is 0.250. The Labute approximate surface area is 79.6 Å². The Bertz CT molecular complexity index is 296. The molecule has 1 N–H and O–H groups in total. The van der Waals surface area contributed by atoms with E-state index >= 15 is 0 Å². The third-order valence-electron chi connectivity index (χ3n) is 1.52. The second-order valence-corrected chi connectivity index (χ2v) is 2.50. The molecule has 0 aliphatic carbocycles. The van der Waals surface area contributed by atoms with E-state index in [2.05, 4.69) is 0 Å². The van der Waals surface area contributed by atoms with Crippen molar-refractivity contribution >= 4 is 12.4 Å². The van der Waals surface area contributed by atoms with Crippen molar-refractivity contribution in [1.29, 1.82) is 0 Å². The summed E-state index contributed by atoms with van der Waals surface area (Å²) in [7, 11) is 0. The SMILES string of the molecule is Cc1cc(C(F)(F)F)ccc1O.Cl. The predicted octanol–water partition coefficient (Wildman–Crippen LogP) is 3.14. The minimum absolute atomic E-state index is 0. The minimum Gasteiger partial charge on any atom is -0.508 e. The highest BCUT2D eigenvalue weighted by atomic mass is 35.5. The largest absolute Gasteiger partial charge is 0.508 e. The maximum atomic E-state index is 12.0. The molecule has 0 radical (unpaired) electrons. The Kier molecular flexibility index (Phi) is 3.60. The first-order chi connectivity index (χ1) is 5.41. The van der Waals surface area contributed by atoms with Gasteiger partial charge in [-0.15, -0.1) is 12.4 Å². The average molecular weight is 213 g/mol. The van der Waals surface area contributed by atoms with Crippen LogP contribution in [0.25, 0.3) is 0 Å². The maximum Gasteiger partial charge on any atom is 0.416 e. The van der Waals surface area contributed by atoms with E-state index in [1.54, 1.807) is 0 Å². The minimum atomic E-state index is -4.33. The van der Waals surface area contributed by atoms with Crippen LogP contribution < -0.4 is 0 Å². The number of hydrogen-bond acceptors (Lipinski definition) is 1. The summed E-state index contributed by atoms with van der Waals surface area (Å²) in [4.78, 5) is 0. The van der Waals surface area contributed by atoms with E-state index in [1.165, 1.54) is 6.92 Å². The molecule has 0 amide bonds. The highest BCUT2D eigenvalue weighted by Gasteiger charge is 2.30. The number of phenolic OH excluding ortho intramolecular Hbond substituents is 1. The summed E-state index contributed by atoms with van der Waals surface area (Å²) in [6, 6.07) is 2.80. The molecule has 0 aliphatic rings. The first-order valence-corrected chi connectivity index (χ1v) is 3.28. The number of halogens is 4. The fourth-order valence-corrected chi connectivity index (χ4v) is 0.832. The van der Waals surface area contributed by atoms with Crippen LogP contribution in [0.4, 0.5) is 13.2 Å². The second-order valence-electron chi connectivity index (χ2n) is 2.50. The van der Waals surface area contributed by atoms with Gasteiger partial charge in [-0.2, -0.15) is 13.2 Å². The van der Waals surface area contributed by atoms with Crippen molar-refractivity contribution in [2.75, 3.05) is 0 Å². The van der Waals surface area contributed by atoms with Gasteiger partial charge in [0.15, 0.2) is 0 Å². The van der Waals surface area contributed by atoms with Gasteiger partial charge in [0.25, 0.3) is 0 Å². The number of hydrogen-bond donors (Lipinski definition) is 1. The lowest BCUT2D eigenvalue weighted by Gasteiger charge is -2.07. The smallest absolute Gasteiger partial charge is 0.416 e. The van der Waals surface area contributed by atoms with Crippen LogP contribution in [0.1, 0.15) is 11.1 Å². The zero-order valence-corrected chi connectivity index (χ0v) is 7.54. The molecule has 13 heavy (non-hydrogen) atoms. The lowest BCUT2D eigenvalue weighted by molar-refractivity contribution is -0.137. The van der Waals surface area contributed by atoms with E-state index in [0.717, 1.165) is 18.2 Å². The molecule has 0 heterocycles. The van der Waals surface area contributed by atoms with Crippen molar-refractivity contribution in [2.24, 2.45) is 0 Å². The van der Waals surface area contributed by atoms with Crippen molar-refractivity contribution in [1.82, 2.24) is 0 Å². The van der Waals surface area contributed by atoms with Gasteiger partial charge in [-0.25, -0.2) is 0 Å². The third-order valence-corrected chi connectivity index (χ3v) is 1.52. The van der Waals surface area contributed by atoms with E-state index in [9.17, 15) is 13.2 Å². The summed E-state index contributed by atoms with van der Waals surface area (Å²) in [5.74, 6) is -0.122. The van der Waals surface area contributed by atoms with Crippen LogP contribution in [0.5, 0.6) is 5.75 Å². The fourth-order valence-electron chi connectivity index (χ4n) is 0.832. The highest BCUT2D eigenvalue weighted by Crippen LogP contribution is 2.31. The van der Waals surface area contributed by atoms with E-state index in [0.29, 0.717) is 0 Å². The third kappa shape index (κ3) is 2.81. The quantitative estimate of drug-likeness (QED) is 0.701. The van der Waals surface area contributed by atoms with Crippen LogP contribution in [0.2, 0.25) is 0 Å². The zero-order chi connectivity index (χ0) is 9.35. The molecule has 0 saturated carbocycles. The first kappa shape index (κ1) is 12.1. The van der Waals surface area contributed by atoms with E-state index in [1.807, 2.05) is 0 Å². The van der Waals surface area contributed by atoms with Crippen LogP contribution in [-0.4, -0.2) is 5.11 Å². The molecule has 0 bridgehead atoms. The Morgan fingerprint density at radius 2 is 1.77 bits per heavy atom. The second kappa shape index (κ2) is 3.87. The van der Waals surface area contributed by atoms with Crippen molar-refractivity contribution < 1.29 is 18.3 Å². The normalized spacial score (nSPS) is 10.8. The number of aromatic hydroxyl groups is 1. The van der Waals surface area contributed by atoms with Gasteiger partial charge >= 0.3 is 6.18 Å². The van der Waals surface area contributed by atoms with Gasteiger partial charge in [0.05, 0.1) is 5.56 Å². The highest BCUT2D eigenvalue weighted by molar-refractivity contribution is 5.85. The van der Waals surface area contributed by atoms with Gasteiger partial charge in [-0.1, -0.05) is 0 Å². The summed E-state index contributed by atoms with van der Waals surface area (Å²) in [5, 5.41) is 8.94. The molecule has 1 nitrogen and oxygen atoms in total. The van der Waals surface area contributed by atoms with E-state index < -0.39 is 11.7 Å². The van der Waals surface area contributed by atoms with Gasteiger partial charge in [0.2, 0.25) is 0 Å². The Hall–Kier alpha value is -0.900. The van der Waals surface area contributed by atoms with Gasteiger partial charge < -0.3 is 5.11 Å². The summed E-state index contributed by atoms with van der Waals surface area (Å²) in [6.07, 6.45) is -4.33. The summed E-state index contributed by atoms with van der Waals surface area (Å²) >= 11 is 0. The van der Waals surface area contributed by atoms with Crippen LogP contribution in [0, 0.1) is 6.92 Å². The molecule has 1 rings (SSSR count). The standard InChI is InChI=1S/C8H7F3O.ClH/c1-5-4-6(8(9,10)11)2-3-7(5)12;/h2-4,12H,1H3;1H. The first-order valence-electron chi connectivity index (χ1n) is 3.28. The predicted molar refractivity (Wildman–Crippen MR) is 45.1 cm³/mol. The van der Waals surface area contributed by atoms with Crippen LogP contribution in [-0.2, 0) is 6.18 Å². The molecule has 0 aliphatic heterocycles. The van der Waals surface area contributed by atoms with Gasteiger partial charge in [0, 0.05) is 0 Å². The summed E-state index contributed by atoms with van der Waals surface area (Å²) < 4.78 is 36.1. The molecule has 0 fully saturated rings. The monoisotopic (exact) mass is 212 g/mol. The molecule has 0 aromatic heterocycles. The molecule has 1 aromatic rings. The average Bonchev–Trinajstić information content (AvgIpc) is 1.92. The number of aryl methyl sites for hydroxylation is 1. The van der Waals surface area contributed by atoms with E-state index in [-0.39, 0.29) is 23.7 Å². The molecule has 0 spiro atoms. The number of alkyl halides is 3. The van der Waals surface area contributed by atoms with E-state index in [4.69, 9.17) is 5.11 Å². The van der Waals surface area contributed by atoms with Crippen molar-refractivity contribution in [3.63, 3.8) is 0 Å². The van der Waals surface area contributed by atoms with Gasteiger partial charge in [-0.3, -0.25) is 0 Å². The van der Waals surface area contributed by atoms with Crippen molar-refractivity contribution in [2.45, 2.75) is 13.1 Å². The number of benzene rings is 1. The molecule has 0 saturated heterocycles. The van der Waals surface area contributed by atoms with Gasteiger partial charge in [-0.05, 0) is 30.7 Å². The van der Waals surface area contributed by atoms with Crippen molar-refractivity contribution in [3.05, 3.63) is 29.3 Å². The lowest BCUT2D eigenvalue weighted by Crippen LogP contribution is -2.04. The molecule has 0 atom stereocenters. The zero-order valence-electron chi connectivity index (χ0n) is 6.72. The van der Waals surface area contributed by atoms with Gasteiger partial charge in [0.1, 0.15) is 5.75 Å². The molecule has 0 unspecified atom stereocenters. The molecule has 74 valence electrons. The molecular weight excluding hydrogens is 205 g/mol.